The number of nitrogens with zero attached hydrogens (tertiary/aromatic N) is 1. The van der Waals surface area contributed by atoms with Gasteiger partial charge in [-0.05, 0) is 105 Å². The van der Waals surface area contributed by atoms with E-state index in [0.717, 1.165) is 36.6 Å². The van der Waals surface area contributed by atoms with Gasteiger partial charge in [-0.1, -0.05) is 12.1 Å². The third kappa shape index (κ3) is 5.79. The van der Waals surface area contributed by atoms with Crippen molar-refractivity contribution in [3.63, 3.8) is 0 Å². The van der Waals surface area contributed by atoms with Gasteiger partial charge in [-0.15, -0.1) is 0 Å². The Morgan fingerprint density at radius 3 is 2.70 bits per heavy atom. The van der Waals surface area contributed by atoms with Gasteiger partial charge < -0.3 is 15.0 Å². The molecular weight excluding hydrogens is 382 g/mol. The Hall–Kier alpha value is -1.98. The number of rotatable bonds is 9. The van der Waals surface area contributed by atoms with Gasteiger partial charge in [-0.3, -0.25) is 0 Å². The fourth-order valence-electron chi connectivity index (χ4n) is 4.65. The third-order valence-corrected chi connectivity index (χ3v) is 6.30. The molecule has 2 aliphatic rings. The molecule has 1 unspecified atom stereocenters. The highest BCUT2D eigenvalue weighted by Crippen LogP contribution is 2.29. The number of likely N-dealkylation sites (tertiary alicyclic amines) is 1. The van der Waals surface area contributed by atoms with Gasteiger partial charge >= 0.3 is 0 Å². The first-order valence-corrected chi connectivity index (χ1v) is 11.3. The predicted molar refractivity (Wildman–Crippen MR) is 116 cm³/mol. The van der Waals surface area contributed by atoms with E-state index in [4.69, 9.17) is 4.74 Å². The van der Waals surface area contributed by atoms with Crippen LogP contribution in [-0.2, 0) is 19.4 Å². The fourth-order valence-corrected chi connectivity index (χ4v) is 4.65. The average Bonchev–Trinajstić information content (AvgIpc) is 3.26. The maximum Gasteiger partial charge on any atom is 0.159 e. The average molecular weight is 415 g/mol. The lowest BCUT2D eigenvalue weighted by Gasteiger charge is -2.28. The number of hydrogen-bond donors (Lipinski definition) is 1. The molecule has 2 aromatic rings. The monoisotopic (exact) mass is 414 g/mol. The van der Waals surface area contributed by atoms with Crippen LogP contribution in [0.25, 0.3) is 0 Å². The molecule has 1 N–H and O–H groups in total. The molecule has 0 amide bonds. The maximum atomic E-state index is 13.2. The van der Waals surface area contributed by atoms with E-state index in [0.29, 0.717) is 13.2 Å². The zero-order valence-electron chi connectivity index (χ0n) is 17.6. The van der Waals surface area contributed by atoms with Gasteiger partial charge in [0.15, 0.2) is 11.6 Å². The first kappa shape index (κ1) is 21.3. The van der Waals surface area contributed by atoms with Crippen molar-refractivity contribution in [3.8, 4) is 5.75 Å². The molecule has 0 radical (unpaired) electrons. The predicted octanol–water partition coefficient (Wildman–Crippen LogP) is 4.72. The molecule has 2 aromatic carbocycles. The second-order valence-corrected chi connectivity index (χ2v) is 8.67. The largest absolute Gasteiger partial charge is 0.494 e. The van der Waals surface area contributed by atoms with E-state index < -0.39 is 11.6 Å². The van der Waals surface area contributed by atoms with Crippen molar-refractivity contribution >= 4 is 0 Å². The van der Waals surface area contributed by atoms with Crippen molar-refractivity contribution in [2.45, 2.75) is 45.1 Å². The lowest BCUT2D eigenvalue weighted by atomic mass is 9.83. The second-order valence-electron chi connectivity index (χ2n) is 8.67. The molecule has 0 spiro atoms. The Morgan fingerprint density at radius 2 is 1.87 bits per heavy atom. The summed E-state index contributed by atoms with van der Waals surface area (Å²) in [6.07, 6.45) is 7.22. The van der Waals surface area contributed by atoms with Crippen LogP contribution < -0.4 is 10.1 Å². The van der Waals surface area contributed by atoms with E-state index in [1.54, 1.807) is 6.07 Å². The van der Waals surface area contributed by atoms with E-state index in [-0.39, 0.29) is 0 Å². The van der Waals surface area contributed by atoms with E-state index in [1.807, 2.05) is 0 Å². The van der Waals surface area contributed by atoms with Gasteiger partial charge in [-0.2, -0.15) is 0 Å². The van der Waals surface area contributed by atoms with Gasteiger partial charge in [-0.25, -0.2) is 8.78 Å². The lowest BCUT2D eigenvalue weighted by molar-refractivity contribution is 0.261. The molecule has 1 heterocycles. The number of ether oxygens (including phenoxy) is 1. The van der Waals surface area contributed by atoms with Crippen LogP contribution in [0.3, 0.4) is 0 Å². The van der Waals surface area contributed by atoms with Crippen LogP contribution in [0.1, 0.15) is 42.4 Å². The van der Waals surface area contributed by atoms with Crippen LogP contribution in [0.5, 0.6) is 5.75 Å². The Bertz CT molecular complexity index is 836. The van der Waals surface area contributed by atoms with Crippen LogP contribution in [-0.4, -0.2) is 37.7 Å². The van der Waals surface area contributed by atoms with Gasteiger partial charge in [0.05, 0.1) is 6.61 Å². The van der Waals surface area contributed by atoms with Gasteiger partial charge in [0.25, 0.3) is 0 Å². The number of benzene rings is 2. The fraction of sp³-hybridized carbons (Fsp3) is 0.520. The minimum Gasteiger partial charge on any atom is -0.494 e. The molecule has 1 aliphatic heterocycles. The number of fused-ring (bicyclic) bond motifs is 1. The van der Waals surface area contributed by atoms with Crippen molar-refractivity contribution in [2.75, 3.05) is 32.8 Å². The quantitative estimate of drug-likeness (QED) is 0.601. The molecule has 5 heteroatoms. The molecule has 1 atom stereocenters. The molecule has 1 saturated heterocycles. The highest BCUT2D eigenvalue weighted by molar-refractivity contribution is 5.37. The molecule has 1 aliphatic carbocycles. The molecule has 0 aromatic heterocycles. The highest BCUT2D eigenvalue weighted by atomic mass is 19.2. The standard InChI is InChI=1S/C25H32F2N2O/c26-24-9-5-19(15-25(24)27)17-28-10-3-13-30-23-8-7-21-14-20(4-6-22(21)16-23)18-29-11-1-2-12-29/h5,7-9,15-16,20,28H,1-4,6,10-14,17-18H2. The highest BCUT2D eigenvalue weighted by Gasteiger charge is 2.22. The van der Waals surface area contributed by atoms with E-state index >= 15 is 0 Å². The third-order valence-electron chi connectivity index (χ3n) is 6.30. The molecule has 30 heavy (non-hydrogen) atoms. The van der Waals surface area contributed by atoms with Gasteiger partial charge in [0.2, 0.25) is 0 Å². The molecule has 0 saturated carbocycles. The van der Waals surface area contributed by atoms with Crippen molar-refractivity contribution in [3.05, 3.63) is 64.7 Å². The van der Waals surface area contributed by atoms with Crippen LogP contribution in [0.15, 0.2) is 36.4 Å². The second kappa shape index (κ2) is 10.4. The van der Waals surface area contributed by atoms with Crippen molar-refractivity contribution in [1.82, 2.24) is 10.2 Å². The molecule has 162 valence electrons. The van der Waals surface area contributed by atoms with Crippen LogP contribution in [0.2, 0.25) is 0 Å². The van der Waals surface area contributed by atoms with E-state index in [2.05, 4.69) is 28.4 Å². The lowest BCUT2D eigenvalue weighted by Crippen LogP contribution is -2.30. The molecule has 4 rings (SSSR count). The number of halogens is 2. The number of hydrogen-bond acceptors (Lipinski definition) is 3. The summed E-state index contributed by atoms with van der Waals surface area (Å²) in [6.45, 7) is 5.75. The number of nitrogens with one attached hydrogen (secondary N) is 1. The summed E-state index contributed by atoms with van der Waals surface area (Å²) >= 11 is 0. The van der Waals surface area contributed by atoms with Gasteiger partial charge in [0.1, 0.15) is 5.75 Å². The van der Waals surface area contributed by atoms with E-state index in [1.165, 1.54) is 68.6 Å². The summed E-state index contributed by atoms with van der Waals surface area (Å²) in [4.78, 5) is 2.63. The zero-order valence-corrected chi connectivity index (χ0v) is 17.6. The van der Waals surface area contributed by atoms with Crippen LogP contribution in [0, 0.1) is 17.6 Å². The van der Waals surface area contributed by atoms with Gasteiger partial charge in [0, 0.05) is 13.1 Å². The summed E-state index contributed by atoms with van der Waals surface area (Å²) in [5, 5.41) is 3.25. The summed E-state index contributed by atoms with van der Waals surface area (Å²) in [5.41, 5.74) is 3.68. The van der Waals surface area contributed by atoms with Crippen molar-refractivity contribution in [1.29, 1.82) is 0 Å². The summed E-state index contributed by atoms with van der Waals surface area (Å²) < 4.78 is 32.1. The van der Waals surface area contributed by atoms with E-state index in [9.17, 15) is 8.78 Å². The molecule has 0 bridgehead atoms. The Labute approximate surface area is 178 Å². The summed E-state index contributed by atoms with van der Waals surface area (Å²) in [6, 6.07) is 10.6. The first-order chi connectivity index (χ1) is 14.7. The summed E-state index contributed by atoms with van der Waals surface area (Å²) in [5.74, 6) is 0.141. The Kier molecular flexibility index (Phi) is 7.34. The summed E-state index contributed by atoms with van der Waals surface area (Å²) in [7, 11) is 0. The van der Waals surface area contributed by atoms with Crippen molar-refractivity contribution < 1.29 is 13.5 Å². The SMILES string of the molecule is Fc1ccc(CNCCCOc2ccc3c(c2)CCC(CN2CCCC2)C3)cc1F. The van der Waals surface area contributed by atoms with Crippen LogP contribution >= 0.6 is 0 Å². The Balaban J connectivity index is 1.16. The van der Waals surface area contributed by atoms with Crippen molar-refractivity contribution in [2.24, 2.45) is 5.92 Å². The normalized spacial score (nSPS) is 19.1. The maximum absolute atomic E-state index is 13.2. The Morgan fingerprint density at radius 1 is 1.00 bits per heavy atom. The minimum atomic E-state index is -0.806. The first-order valence-electron chi connectivity index (χ1n) is 11.3. The topological polar surface area (TPSA) is 24.5 Å². The minimum absolute atomic E-state index is 0.522. The zero-order chi connectivity index (χ0) is 20.8. The molecule has 3 nitrogen and oxygen atoms in total. The smallest absolute Gasteiger partial charge is 0.159 e. The van der Waals surface area contributed by atoms with Crippen LogP contribution in [0.4, 0.5) is 8.78 Å². The number of aryl methyl sites for hydroxylation is 1. The molecule has 1 fully saturated rings. The molecular formula is C25H32F2N2O.